The van der Waals surface area contributed by atoms with E-state index in [-0.39, 0.29) is 28.3 Å². The van der Waals surface area contributed by atoms with Gasteiger partial charge in [-0.25, -0.2) is 0 Å². The summed E-state index contributed by atoms with van der Waals surface area (Å²) >= 11 is 0. The van der Waals surface area contributed by atoms with Crippen LogP contribution in [0.1, 0.15) is 22.3 Å². The summed E-state index contributed by atoms with van der Waals surface area (Å²) in [6.45, 7) is 4.06. The van der Waals surface area contributed by atoms with Crippen molar-refractivity contribution < 1.29 is 36.5 Å². The van der Waals surface area contributed by atoms with Crippen LogP contribution in [0.5, 0.6) is 23.0 Å². The number of methoxy groups -OCH3 is 2. The number of aliphatic imine (C=N–C) groups is 2. The van der Waals surface area contributed by atoms with E-state index in [1.807, 2.05) is 74.5 Å². The summed E-state index contributed by atoms with van der Waals surface area (Å²) in [4.78, 5) is 8.63. The minimum Gasteiger partial charge on any atom is -0.504 e. The summed E-state index contributed by atoms with van der Waals surface area (Å²) in [5, 5.41) is 19.8. The first-order valence-corrected chi connectivity index (χ1v) is 11.3. The zero-order valence-corrected chi connectivity index (χ0v) is 22.2. The van der Waals surface area contributed by atoms with Gasteiger partial charge in [0.05, 0.1) is 25.6 Å². The summed E-state index contributed by atoms with van der Waals surface area (Å²) < 4.78 is 10.1. The second kappa shape index (κ2) is 14.5. The van der Waals surface area contributed by atoms with E-state index in [0.29, 0.717) is 22.6 Å². The Morgan fingerprint density at radius 3 is 1.24 bits per heavy atom. The normalized spacial score (nSPS) is 10.5. The number of hydrogen-bond donors (Lipinski definition) is 2. The molecular weight excluding hydrogens is 511 g/mol. The molecule has 0 saturated heterocycles. The van der Waals surface area contributed by atoms with Gasteiger partial charge in [-0.05, 0) is 62.4 Å². The van der Waals surface area contributed by atoms with Gasteiger partial charge >= 0.3 is 0 Å². The molecule has 0 aromatic heterocycles. The molecule has 0 atom stereocenters. The number of benzene rings is 4. The molecule has 0 spiro atoms. The Bertz CT molecular complexity index is 1230. The molecule has 6 nitrogen and oxygen atoms in total. The number of ether oxygens (including phenoxy) is 2. The Morgan fingerprint density at radius 1 is 0.568 bits per heavy atom. The number of rotatable bonds is 6. The molecule has 0 saturated carbocycles. The number of phenolic OH excluding ortho intramolecular Hbond substituents is 2. The van der Waals surface area contributed by atoms with Crippen molar-refractivity contribution in [3.63, 3.8) is 0 Å². The Morgan fingerprint density at radius 2 is 0.919 bits per heavy atom. The van der Waals surface area contributed by atoms with E-state index in [2.05, 4.69) is 9.98 Å². The van der Waals surface area contributed by atoms with Gasteiger partial charge in [0.2, 0.25) is 0 Å². The first-order chi connectivity index (χ1) is 17.4. The van der Waals surface area contributed by atoms with Crippen molar-refractivity contribution in [2.75, 3.05) is 14.2 Å². The first-order valence-electron chi connectivity index (χ1n) is 11.3. The van der Waals surface area contributed by atoms with E-state index in [1.54, 1.807) is 36.7 Å². The average molecular weight is 542 g/mol. The van der Waals surface area contributed by atoms with Gasteiger partial charge in [0, 0.05) is 40.3 Å². The van der Waals surface area contributed by atoms with E-state index < -0.39 is 0 Å². The summed E-state index contributed by atoms with van der Waals surface area (Å²) in [7, 11) is 3.05. The third-order valence-corrected chi connectivity index (χ3v) is 5.27. The fraction of sp³-hybridized carbons (Fsp3) is 0.133. The van der Waals surface area contributed by atoms with Crippen LogP contribution in [0.2, 0.25) is 0 Å². The summed E-state index contributed by atoms with van der Waals surface area (Å²) in [5.74, 6) is 1.11. The van der Waals surface area contributed by atoms with Crippen molar-refractivity contribution in [1.29, 1.82) is 0 Å². The van der Waals surface area contributed by atoms with E-state index in [1.165, 1.54) is 25.3 Å². The van der Waals surface area contributed by atoms with E-state index in [0.717, 1.165) is 11.4 Å². The Balaban J connectivity index is 0.000000253. The molecule has 1 radical (unpaired) electrons. The fourth-order valence-corrected chi connectivity index (χ4v) is 3.17. The molecule has 0 aliphatic rings. The molecule has 4 aromatic carbocycles. The fourth-order valence-electron chi connectivity index (χ4n) is 3.17. The molecule has 0 bridgehead atoms. The number of aryl methyl sites for hydroxylation is 2. The molecule has 0 aliphatic heterocycles. The summed E-state index contributed by atoms with van der Waals surface area (Å²) in [5.41, 5.74) is 5.35. The minimum absolute atomic E-state index is 0. The van der Waals surface area contributed by atoms with Gasteiger partial charge in [-0.15, -0.1) is 0 Å². The molecular formula is C30H30CoN2O4. The van der Waals surface area contributed by atoms with Crippen LogP contribution < -0.4 is 9.47 Å². The number of para-hydroxylation sites is 2. The molecule has 0 heterocycles. The largest absolute Gasteiger partial charge is 0.504 e. The van der Waals surface area contributed by atoms with Crippen molar-refractivity contribution in [3.8, 4) is 23.0 Å². The van der Waals surface area contributed by atoms with Gasteiger partial charge in [0.15, 0.2) is 23.0 Å². The van der Waals surface area contributed by atoms with Crippen molar-refractivity contribution in [3.05, 3.63) is 107 Å². The SMILES string of the molecule is COc1cccc(C=Nc2ccc(C)cc2)c1O.COc1cccc(C=Nc2ccc(C)cc2)c1O.[Co]. The van der Waals surface area contributed by atoms with E-state index >= 15 is 0 Å². The maximum absolute atomic E-state index is 9.89. The van der Waals surface area contributed by atoms with Gasteiger partial charge < -0.3 is 19.7 Å². The number of aromatic hydroxyl groups is 2. The molecule has 0 fully saturated rings. The third kappa shape index (κ3) is 8.52. The Hall–Kier alpha value is -4.07. The maximum atomic E-state index is 9.89. The molecule has 2 N–H and O–H groups in total. The monoisotopic (exact) mass is 541 g/mol. The average Bonchev–Trinajstić information content (AvgIpc) is 2.90. The summed E-state index contributed by atoms with van der Waals surface area (Å²) in [6, 6.07) is 26.3. The predicted molar refractivity (Wildman–Crippen MR) is 146 cm³/mol. The van der Waals surface area contributed by atoms with Crippen LogP contribution in [0, 0.1) is 13.8 Å². The Labute approximate surface area is 228 Å². The number of nitrogens with zero attached hydrogens (tertiary/aromatic N) is 2. The number of phenols is 2. The molecule has 0 aliphatic carbocycles. The maximum Gasteiger partial charge on any atom is 0.166 e. The molecule has 0 amide bonds. The van der Waals surface area contributed by atoms with Crippen LogP contribution in [0.25, 0.3) is 0 Å². The van der Waals surface area contributed by atoms with Crippen LogP contribution in [-0.4, -0.2) is 36.9 Å². The molecule has 4 aromatic rings. The third-order valence-electron chi connectivity index (χ3n) is 5.27. The van der Waals surface area contributed by atoms with Crippen LogP contribution >= 0.6 is 0 Å². The van der Waals surface area contributed by atoms with Crippen molar-refractivity contribution in [2.24, 2.45) is 9.98 Å². The van der Waals surface area contributed by atoms with E-state index in [4.69, 9.17) is 9.47 Å². The van der Waals surface area contributed by atoms with Crippen LogP contribution in [0.3, 0.4) is 0 Å². The van der Waals surface area contributed by atoms with Crippen molar-refractivity contribution in [1.82, 2.24) is 0 Å². The second-order valence-electron chi connectivity index (χ2n) is 7.98. The Kier molecular flexibility index (Phi) is 11.4. The van der Waals surface area contributed by atoms with Gasteiger partial charge in [0.1, 0.15) is 0 Å². The van der Waals surface area contributed by atoms with Gasteiger partial charge in [-0.3, -0.25) is 9.98 Å². The van der Waals surface area contributed by atoms with Gasteiger partial charge in [-0.2, -0.15) is 0 Å². The van der Waals surface area contributed by atoms with Gasteiger partial charge in [0.25, 0.3) is 0 Å². The molecule has 4 rings (SSSR count). The molecule has 37 heavy (non-hydrogen) atoms. The standard InChI is InChI=1S/2C15H15NO2.Co/c2*1-11-6-8-13(9-7-11)16-10-12-4-3-5-14(18-2)15(12)17;/h2*3-10,17H,1-2H3;. The second-order valence-corrected chi connectivity index (χ2v) is 7.98. The number of hydrogen-bond acceptors (Lipinski definition) is 6. The van der Waals surface area contributed by atoms with Crippen LogP contribution in [-0.2, 0) is 16.8 Å². The van der Waals surface area contributed by atoms with Crippen molar-refractivity contribution in [2.45, 2.75) is 13.8 Å². The zero-order chi connectivity index (χ0) is 25.9. The first kappa shape index (κ1) is 29.2. The van der Waals surface area contributed by atoms with Crippen molar-refractivity contribution >= 4 is 23.8 Å². The summed E-state index contributed by atoms with van der Waals surface area (Å²) in [6.07, 6.45) is 3.26. The molecule has 7 heteroatoms. The van der Waals surface area contributed by atoms with E-state index in [9.17, 15) is 10.2 Å². The van der Waals surface area contributed by atoms with Gasteiger partial charge in [-0.1, -0.05) is 47.5 Å². The topological polar surface area (TPSA) is 83.6 Å². The van der Waals surface area contributed by atoms with Crippen LogP contribution in [0.15, 0.2) is 94.9 Å². The smallest absolute Gasteiger partial charge is 0.166 e. The zero-order valence-electron chi connectivity index (χ0n) is 21.2. The molecule has 193 valence electrons. The predicted octanol–water partition coefficient (Wildman–Crippen LogP) is 6.92. The quantitative estimate of drug-likeness (QED) is 0.260. The van der Waals surface area contributed by atoms with Crippen LogP contribution in [0.4, 0.5) is 11.4 Å². The molecule has 0 unspecified atom stereocenters. The minimum atomic E-state index is 0.